The standard InChI is InChI=1S/C16H31ClO2.C16H32O3/c17-16(19)14-12-10-8-6-4-2-1-3-5-7-9-11-13-15-18;17-15-13-11-9-7-5-3-1-2-4-6-8-10-12-14-16(18)19/h18H,1-15H2;17H,1-15H2,(H,18,19). The number of rotatable bonds is 30. The van der Waals surface area contributed by atoms with Crippen LogP contribution in [0.3, 0.4) is 0 Å². The van der Waals surface area contributed by atoms with Crippen LogP contribution in [0.15, 0.2) is 0 Å². The summed E-state index contributed by atoms with van der Waals surface area (Å²) in [5, 5.41) is 25.6. The molecule has 228 valence electrons. The Hall–Kier alpha value is -0.650. The Labute approximate surface area is 240 Å². The Morgan fingerprint density at radius 2 is 0.579 bits per heavy atom. The molecule has 0 atom stereocenters. The summed E-state index contributed by atoms with van der Waals surface area (Å²) < 4.78 is 0. The summed E-state index contributed by atoms with van der Waals surface area (Å²) in [7, 11) is 0. The molecule has 0 aromatic carbocycles. The zero-order valence-corrected chi connectivity index (χ0v) is 25.5. The molecule has 0 aliphatic rings. The molecule has 38 heavy (non-hydrogen) atoms. The molecule has 0 aromatic rings. The maximum Gasteiger partial charge on any atom is 0.303 e. The number of aliphatic hydroxyl groups is 2. The number of hydrogen-bond donors (Lipinski definition) is 3. The highest BCUT2D eigenvalue weighted by atomic mass is 35.5. The largest absolute Gasteiger partial charge is 0.481 e. The van der Waals surface area contributed by atoms with Gasteiger partial charge in [0.05, 0.1) is 0 Å². The van der Waals surface area contributed by atoms with Crippen LogP contribution in [0.4, 0.5) is 0 Å². The van der Waals surface area contributed by atoms with Gasteiger partial charge in [-0.1, -0.05) is 141 Å². The fraction of sp³-hybridized carbons (Fsp3) is 0.938. The molecule has 0 aliphatic carbocycles. The van der Waals surface area contributed by atoms with Crippen molar-refractivity contribution in [1.82, 2.24) is 0 Å². The van der Waals surface area contributed by atoms with Crippen LogP contribution >= 0.6 is 11.6 Å². The van der Waals surface area contributed by atoms with Gasteiger partial charge in [0.1, 0.15) is 0 Å². The van der Waals surface area contributed by atoms with Crippen LogP contribution in [0.25, 0.3) is 0 Å². The second kappa shape index (κ2) is 36.4. The first-order valence-corrected chi connectivity index (χ1v) is 16.5. The number of aliphatic hydroxyl groups excluding tert-OH is 2. The molecule has 0 amide bonds. The summed E-state index contributed by atoms with van der Waals surface area (Å²) in [6.07, 6.45) is 32.7. The van der Waals surface area contributed by atoms with Gasteiger partial charge < -0.3 is 15.3 Å². The molecule has 6 heteroatoms. The molecule has 0 heterocycles. The number of halogens is 1. The predicted octanol–water partition coefficient (Wildman–Crippen LogP) is 9.73. The molecule has 3 N–H and O–H groups in total. The Morgan fingerprint density at radius 1 is 0.368 bits per heavy atom. The van der Waals surface area contributed by atoms with Gasteiger partial charge >= 0.3 is 5.97 Å². The van der Waals surface area contributed by atoms with Crippen LogP contribution < -0.4 is 0 Å². The van der Waals surface area contributed by atoms with Crippen molar-refractivity contribution >= 4 is 22.8 Å². The zero-order chi connectivity index (χ0) is 28.4. The Kier molecular flexibility index (Phi) is 37.8. The van der Waals surface area contributed by atoms with Crippen LogP contribution in [0.1, 0.15) is 180 Å². The van der Waals surface area contributed by atoms with Gasteiger partial charge in [-0.3, -0.25) is 9.59 Å². The molecular weight excluding hydrogens is 500 g/mol. The van der Waals surface area contributed by atoms with Gasteiger partial charge in [0.2, 0.25) is 5.24 Å². The number of carbonyl (C=O) groups is 2. The average molecular weight is 563 g/mol. The number of unbranched alkanes of at least 4 members (excludes halogenated alkanes) is 24. The van der Waals surface area contributed by atoms with Crippen molar-refractivity contribution in [2.75, 3.05) is 13.2 Å². The van der Waals surface area contributed by atoms with Crippen LogP contribution in [0.5, 0.6) is 0 Å². The van der Waals surface area contributed by atoms with Gasteiger partial charge in [0.25, 0.3) is 0 Å². The lowest BCUT2D eigenvalue weighted by Gasteiger charge is -2.02. The Balaban J connectivity index is 0. The summed E-state index contributed by atoms with van der Waals surface area (Å²) in [5.74, 6) is -0.668. The van der Waals surface area contributed by atoms with E-state index in [1.807, 2.05) is 0 Å². The van der Waals surface area contributed by atoms with Gasteiger partial charge in [0, 0.05) is 26.1 Å². The van der Waals surface area contributed by atoms with E-state index in [1.54, 1.807) is 0 Å². The van der Waals surface area contributed by atoms with Crippen molar-refractivity contribution < 1.29 is 24.9 Å². The van der Waals surface area contributed by atoms with E-state index in [0.717, 1.165) is 38.5 Å². The third kappa shape index (κ3) is 42.4. The lowest BCUT2D eigenvalue weighted by Crippen LogP contribution is -1.93. The average Bonchev–Trinajstić information content (AvgIpc) is 2.89. The minimum atomic E-state index is -0.668. The number of aliphatic carboxylic acids is 1. The molecule has 5 nitrogen and oxygen atoms in total. The molecule has 0 spiro atoms. The lowest BCUT2D eigenvalue weighted by molar-refractivity contribution is -0.137. The molecule has 0 fully saturated rings. The molecular formula is C32H63ClO5. The van der Waals surface area contributed by atoms with E-state index in [4.69, 9.17) is 26.9 Å². The molecule has 0 radical (unpaired) electrons. The number of carbonyl (C=O) groups excluding carboxylic acids is 1. The fourth-order valence-electron chi connectivity index (χ4n) is 4.65. The van der Waals surface area contributed by atoms with Crippen LogP contribution in [-0.2, 0) is 9.59 Å². The Bertz CT molecular complexity index is 431. The van der Waals surface area contributed by atoms with E-state index in [9.17, 15) is 9.59 Å². The maximum atomic E-state index is 10.5. The molecule has 0 saturated heterocycles. The van der Waals surface area contributed by atoms with E-state index < -0.39 is 5.97 Å². The monoisotopic (exact) mass is 562 g/mol. The molecule has 0 bridgehead atoms. The highest BCUT2D eigenvalue weighted by molar-refractivity contribution is 6.63. The topological polar surface area (TPSA) is 94.8 Å². The van der Waals surface area contributed by atoms with Gasteiger partial charge in [0.15, 0.2) is 0 Å². The molecule has 0 saturated carbocycles. The highest BCUT2D eigenvalue weighted by Crippen LogP contribution is 2.14. The minimum absolute atomic E-state index is 0.195. The number of carboxylic acid groups (broad SMARTS) is 1. The quantitative estimate of drug-likeness (QED) is 0.0598. The van der Waals surface area contributed by atoms with Crippen molar-refractivity contribution in [2.24, 2.45) is 0 Å². The minimum Gasteiger partial charge on any atom is -0.481 e. The summed E-state index contributed by atoms with van der Waals surface area (Å²) in [5.41, 5.74) is 0. The van der Waals surface area contributed by atoms with E-state index in [2.05, 4.69) is 0 Å². The van der Waals surface area contributed by atoms with Crippen molar-refractivity contribution in [3.8, 4) is 0 Å². The molecule has 0 aliphatic heterocycles. The Morgan fingerprint density at radius 3 is 0.789 bits per heavy atom. The summed E-state index contributed by atoms with van der Waals surface area (Å²) in [4.78, 5) is 20.8. The first-order chi connectivity index (χ1) is 18.5. The van der Waals surface area contributed by atoms with Crippen LogP contribution in [-0.4, -0.2) is 39.7 Å². The normalized spacial score (nSPS) is 10.8. The first-order valence-electron chi connectivity index (χ1n) is 16.2. The summed E-state index contributed by atoms with van der Waals surface area (Å²) >= 11 is 5.28. The van der Waals surface area contributed by atoms with Crippen molar-refractivity contribution in [3.05, 3.63) is 0 Å². The number of hydrogen-bond acceptors (Lipinski definition) is 4. The SMILES string of the molecule is O=C(Cl)CCCCCCCCCCCCCCCO.O=C(O)CCCCCCCCCCCCCCCO. The lowest BCUT2D eigenvalue weighted by atomic mass is 10.0. The van der Waals surface area contributed by atoms with Crippen molar-refractivity contribution in [3.63, 3.8) is 0 Å². The molecule has 0 aromatic heterocycles. The van der Waals surface area contributed by atoms with Gasteiger partial charge in [-0.2, -0.15) is 0 Å². The fourth-order valence-corrected chi connectivity index (χ4v) is 4.79. The molecule has 0 rings (SSSR count). The predicted molar refractivity (Wildman–Crippen MR) is 162 cm³/mol. The third-order valence-electron chi connectivity index (χ3n) is 7.08. The van der Waals surface area contributed by atoms with E-state index in [-0.39, 0.29) is 5.24 Å². The number of carboxylic acids is 1. The third-order valence-corrected chi connectivity index (χ3v) is 7.27. The molecule has 0 unspecified atom stereocenters. The zero-order valence-electron chi connectivity index (χ0n) is 24.7. The second-order valence-corrected chi connectivity index (χ2v) is 11.3. The van der Waals surface area contributed by atoms with Crippen molar-refractivity contribution in [1.29, 1.82) is 0 Å². The van der Waals surface area contributed by atoms with E-state index in [0.29, 0.717) is 26.1 Å². The highest BCUT2D eigenvalue weighted by Gasteiger charge is 1.98. The summed E-state index contributed by atoms with van der Waals surface area (Å²) in [6, 6.07) is 0. The van der Waals surface area contributed by atoms with Crippen LogP contribution in [0.2, 0.25) is 0 Å². The van der Waals surface area contributed by atoms with E-state index >= 15 is 0 Å². The van der Waals surface area contributed by atoms with Crippen molar-refractivity contribution in [2.45, 2.75) is 180 Å². The summed E-state index contributed by atoms with van der Waals surface area (Å²) in [6.45, 7) is 0.686. The maximum absolute atomic E-state index is 10.5. The smallest absolute Gasteiger partial charge is 0.303 e. The van der Waals surface area contributed by atoms with Gasteiger partial charge in [-0.15, -0.1) is 0 Å². The second-order valence-electron chi connectivity index (χ2n) is 10.9. The first kappa shape index (κ1) is 39.5. The van der Waals surface area contributed by atoms with E-state index in [1.165, 1.54) is 128 Å². The van der Waals surface area contributed by atoms with Gasteiger partial charge in [-0.05, 0) is 37.3 Å². The van der Waals surface area contributed by atoms with Crippen LogP contribution in [0, 0.1) is 0 Å². The van der Waals surface area contributed by atoms with Gasteiger partial charge in [-0.25, -0.2) is 0 Å².